The second kappa shape index (κ2) is 71.1. The van der Waals surface area contributed by atoms with E-state index in [0.717, 1.165) is 109 Å². The van der Waals surface area contributed by atoms with Crippen LogP contribution in [0.4, 0.5) is 0 Å². The van der Waals surface area contributed by atoms with Gasteiger partial charge in [0, 0.05) is 19.3 Å². The van der Waals surface area contributed by atoms with Crippen molar-refractivity contribution in [3.63, 3.8) is 0 Å². The van der Waals surface area contributed by atoms with Gasteiger partial charge in [-0.3, -0.25) is 14.4 Å². The van der Waals surface area contributed by atoms with Gasteiger partial charge in [-0.05, 0) is 89.9 Å². The fraction of sp³-hybridized carbons (Fsp3) is 0.779. The molecule has 0 fully saturated rings. The zero-order chi connectivity index (χ0) is 59.9. The smallest absolute Gasteiger partial charge is 0.306 e. The van der Waals surface area contributed by atoms with Crippen molar-refractivity contribution in [3.05, 3.63) is 85.1 Å². The van der Waals surface area contributed by atoms with Gasteiger partial charge in [-0.25, -0.2) is 0 Å². The highest BCUT2D eigenvalue weighted by atomic mass is 16.6. The molecule has 0 aliphatic rings. The molecule has 0 saturated heterocycles. The molecule has 0 radical (unpaired) electrons. The van der Waals surface area contributed by atoms with Crippen molar-refractivity contribution >= 4 is 17.9 Å². The molecule has 6 heteroatoms. The van der Waals surface area contributed by atoms with Gasteiger partial charge in [-0.2, -0.15) is 0 Å². The molecule has 0 N–H and O–H groups in total. The summed E-state index contributed by atoms with van der Waals surface area (Å²) in [6, 6.07) is 0. The second-order valence-electron chi connectivity index (χ2n) is 24.1. The average Bonchev–Trinajstić information content (AvgIpc) is 3.49. The first-order valence-electron chi connectivity index (χ1n) is 36.1. The highest BCUT2D eigenvalue weighted by Gasteiger charge is 2.19. The summed E-state index contributed by atoms with van der Waals surface area (Å²) in [5.74, 6) is -0.861. The molecule has 6 nitrogen and oxygen atoms in total. The summed E-state index contributed by atoms with van der Waals surface area (Å²) in [5.41, 5.74) is 0. The summed E-state index contributed by atoms with van der Waals surface area (Å²) < 4.78 is 17.0. The molecule has 0 aromatic rings. The number of ether oxygens (including phenoxy) is 3. The molecule has 0 saturated carbocycles. The summed E-state index contributed by atoms with van der Waals surface area (Å²) in [7, 11) is 0. The Morgan fingerprint density at radius 2 is 0.470 bits per heavy atom. The predicted molar refractivity (Wildman–Crippen MR) is 362 cm³/mol. The van der Waals surface area contributed by atoms with E-state index in [1.54, 1.807) is 0 Å². The van der Waals surface area contributed by atoms with Crippen molar-refractivity contribution in [1.82, 2.24) is 0 Å². The predicted octanol–water partition coefficient (Wildman–Crippen LogP) is 25.0. The molecule has 0 spiro atoms. The van der Waals surface area contributed by atoms with Crippen molar-refractivity contribution in [2.45, 2.75) is 374 Å². The third-order valence-electron chi connectivity index (χ3n) is 15.9. The second-order valence-corrected chi connectivity index (χ2v) is 24.1. The Kier molecular flexibility index (Phi) is 68.2. The highest BCUT2D eigenvalue weighted by molar-refractivity contribution is 5.71. The van der Waals surface area contributed by atoms with E-state index >= 15 is 0 Å². The molecular weight excluding hydrogens is 1020 g/mol. The van der Waals surface area contributed by atoms with Gasteiger partial charge in [-0.1, -0.05) is 343 Å². The molecule has 0 heterocycles. The van der Waals surface area contributed by atoms with Crippen LogP contribution in [0.1, 0.15) is 367 Å². The number of unbranched alkanes of at least 4 members (excludes halogenated alkanes) is 41. The van der Waals surface area contributed by atoms with Crippen molar-refractivity contribution in [3.8, 4) is 0 Å². The van der Waals surface area contributed by atoms with Crippen LogP contribution < -0.4 is 0 Å². The van der Waals surface area contributed by atoms with E-state index in [1.165, 1.54) is 218 Å². The minimum Gasteiger partial charge on any atom is -0.462 e. The maximum absolute atomic E-state index is 12.9. The molecule has 0 bridgehead atoms. The lowest BCUT2D eigenvalue weighted by Gasteiger charge is -2.18. The number of esters is 3. The van der Waals surface area contributed by atoms with Crippen molar-refractivity contribution in [2.75, 3.05) is 13.2 Å². The van der Waals surface area contributed by atoms with Crippen LogP contribution in [-0.2, 0) is 28.6 Å². The van der Waals surface area contributed by atoms with E-state index in [9.17, 15) is 14.4 Å². The first-order chi connectivity index (χ1) is 41.0. The molecule has 0 amide bonds. The normalized spacial score (nSPS) is 12.6. The number of carbonyl (C=O) groups is 3. The Labute approximate surface area is 515 Å². The van der Waals surface area contributed by atoms with Gasteiger partial charge in [0.2, 0.25) is 0 Å². The lowest BCUT2D eigenvalue weighted by atomic mass is 10.0. The number of hydrogen-bond donors (Lipinski definition) is 0. The Balaban J connectivity index is 4.22. The summed E-state index contributed by atoms with van der Waals surface area (Å²) in [5, 5.41) is 0. The molecule has 1 unspecified atom stereocenters. The van der Waals surface area contributed by atoms with Crippen LogP contribution in [0.25, 0.3) is 0 Å². The molecular formula is C77H136O6. The molecule has 1 atom stereocenters. The molecule has 0 aromatic heterocycles. The number of hydrogen-bond acceptors (Lipinski definition) is 6. The van der Waals surface area contributed by atoms with Crippen LogP contribution in [0.15, 0.2) is 85.1 Å². The van der Waals surface area contributed by atoms with Crippen LogP contribution in [0, 0.1) is 0 Å². The van der Waals surface area contributed by atoms with E-state index in [-0.39, 0.29) is 31.1 Å². The van der Waals surface area contributed by atoms with Gasteiger partial charge in [0.15, 0.2) is 6.10 Å². The van der Waals surface area contributed by atoms with Gasteiger partial charge in [-0.15, -0.1) is 0 Å². The van der Waals surface area contributed by atoms with E-state index in [2.05, 4.69) is 106 Å². The molecule has 0 aliphatic carbocycles. The monoisotopic (exact) mass is 1160 g/mol. The van der Waals surface area contributed by atoms with E-state index in [0.29, 0.717) is 19.3 Å². The third kappa shape index (κ3) is 69.3. The van der Waals surface area contributed by atoms with E-state index in [4.69, 9.17) is 14.2 Å². The SMILES string of the molecule is CC/C=C\C/C=C\C/C=C\C/C=C\CCCCCCCCCCCCCCCCCCCCC(=O)OCC(COC(=O)CCCCCCCCCCCCCCCCCCC)OC(=O)CCCCCCCCC/C=C\C/C=C\C/C=C\CC. The highest BCUT2D eigenvalue weighted by Crippen LogP contribution is 2.18. The minimum atomic E-state index is -0.780. The summed E-state index contributed by atoms with van der Waals surface area (Å²) >= 11 is 0. The Morgan fingerprint density at radius 1 is 0.253 bits per heavy atom. The van der Waals surface area contributed by atoms with Crippen molar-refractivity contribution < 1.29 is 28.6 Å². The standard InChI is InChI=1S/C77H136O6/c1-4-7-10-13-16-19-22-25-28-31-32-33-34-35-36-37-38-39-40-41-42-43-44-47-49-52-55-58-61-64-67-70-76(79)82-73-74(83-77(80)71-68-65-62-59-56-53-50-46-30-27-24-21-18-15-12-9-6-3)72-81-75(78)69-66-63-60-57-54-51-48-45-29-26-23-20-17-14-11-8-5-2/h7,9-10,12,16,18-19,21,25,27-28,30,32-33,74H,4-6,8,11,13-15,17,20,22-24,26,29,31,34-73H2,1-3H3/b10-7-,12-9-,19-16-,21-18-,28-25-,30-27-,33-32-. The zero-order valence-electron chi connectivity index (χ0n) is 55.2. The Hall–Kier alpha value is -3.41. The maximum atomic E-state index is 12.9. The quantitative estimate of drug-likeness (QED) is 0.0261. The number of rotatable bonds is 66. The number of carbonyl (C=O) groups excluding carboxylic acids is 3. The average molecular weight is 1160 g/mol. The zero-order valence-corrected chi connectivity index (χ0v) is 55.2. The molecule has 480 valence electrons. The van der Waals surface area contributed by atoms with Gasteiger partial charge >= 0.3 is 17.9 Å². The van der Waals surface area contributed by atoms with Crippen LogP contribution in [0.5, 0.6) is 0 Å². The molecule has 0 aliphatic heterocycles. The lowest BCUT2D eigenvalue weighted by molar-refractivity contribution is -0.167. The van der Waals surface area contributed by atoms with Crippen LogP contribution in [-0.4, -0.2) is 37.2 Å². The largest absolute Gasteiger partial charge is 0.462 e. The van der Waals surface area contributed by atoms with Crippen LogP contribution >= 0.6 is 0 Å². The topological polar surface area (TPSA) is 78.9 Å². The fourth-order valence-corrected chi connectivity index (χ4v) is 10.6. The van der Waals surface area contributed by atoms with Gasteiger partial charge < -0.3 is 14.2 Å². The van der Waals surface area contributed by atoms with Crippen LogP contribution in [0.2, 0.25) is 0 Å². The molecule has 0 rings (SSSR count). The van der Waals surface area contributed by atoms with Gasteiger partial charge in [0.25, 0.3) is 0 Å². The van der Waals surface area contributed by atoms with Crippen molar-refractivity contribution in [2.24, 2.45) is 0 Å². The lowest BCUT2D eigenvalue weighted by Crippen LogP contribution is -2.30. The fourth-order valence-electron chi connectivity index (χ4n) is 10.6. The summed E-state index contributed by atoms with van der Waals surface area (Å²) in [6.07, 6.45) is 94.7. The molecule has 83 heavy (non-hydrogen) atoms. The third-order valence-corrected chi connectivity index (χ3v) is 15.9. The first kappa shape index (κ1) is 79.6. The van der Waals surface area contributed by atoms with Gasteiger partial charge in [0.1, 0.15) is 13.2 Å². The maximum Gasteiger partial charge on any atom is 0.306 e. The first-order valence-corrected chi connectivity index (χ1v) is 36.1. The van der Waals surface area contributed by atoms with Crippen molar-refractivity contribution in [1.29, 1.82) is 0 Å². The summed E-state index contributed by atoms with van der Waals surface area (Å²) in [4.78, 5) is 38.5. The van der Waals surface area contributed by atoms with E-state index in [1.807, 2.05) is 0 Å². The Morgan fingerprint density at radius 3 is 0.735 bits per heavy atom. The Bertz CT molecular complexity index is 1570. The molecule has 0 aromatic carbocycles. The van der Waals surface area contributed by atoms with Gasteiger partial charge in [0.05, 0.1) is 0 Å². The van der Waals surface area contributed by atoms with Crippen LogP contribution in [0.3, 0.4) is 0 Å². The van der Waals surface area contributed by atoms with E-state index < -0.39 is 6.10 Å². The summed E-state index contributed by atoms with van der Waals surface area (Å²) in [6.45, 7) is 6.47. The number of allylic oxidation sites excluding steroid dienone is 14. The minimum absolute atomic E-state index is 0.0748.